The Hall–Kier alpha value is -3.09. The van der Waals surface area contributed by atoms with Crippen LogP contribution in [0.3, 0.4) is 0 Å². The standard InChI is InChI=1S/C17H18N2O5/c1-3-23-14-6-4-13(5-7-14)19-16(21)10-24-17(22)15-8-12(9-18-15)11(2)20/h4-9,18H,3,10H2,1-2H3,(H,19,21). The van der Waals surface area contributed by atoms with Gasteiger partial charge in [-0.2, -0.15) is 0 Å². The van der Waals surface area contributed by atoms with E-state index in [9.17, 15) is 14.4 Å². The Kier molecular flexibility index (Phi) is 5.73. The van der Waals surface area contributed by atoms with Crippen molar-refractivity contribution in [3.63, 3.8) is 0 Å². The van der Waals surface area contributed by atoms with Crippen molar-refractivity contribution in [2.24, 2.45) is 0 Å². The quantitative estimate of drug-likeness (QED) is 0.600. The number of anilines is 1. The molecule has 0 saturated carbocycles. The maximum Gasteiger partial charge on any atom is 0.355 e. The monoisotopic (exact) mass is 330 g/mol. The fraction of sp³-hybridized carbons (Fsp3) is 0.235. The van der Waals surface area contributed by atoms with Crippen LogP contribution in [-0.2, 0) is 9.53 Å². The normalized spacial score (nSPS) is 10.1. The van der Waals surface area contributed by atoms with E-state index in [-0.39, 0.29) is 11.5 Å². The third-order valence-electron chi connectivity index (χ3n) is 3.09. The van der Waals surface area contributed by atoms with Gasteiger partial charge in [-0.25, -0.2) is 4.79 Å². The summed E-state index contributed by atoms with van der Waals surface area (Å²) < 4.78 is 10.2. The van der Waals surface area contributed by atoms with Crippen LogP contribution >= 0.6 is 0 Å². The van der Waals surface area contributed by atoms with E-state index in [0.29, 0.717) is 23.6 Å². The average Bonchev–Trinajstić information content (AvgIpc) is 3.05. The highest BCUT2D eigenvalue weighted by atomic mass is 16.5. The molecule has 1 aromatic heterocycles. The Morgan fingerprint density at radius 3 is 2.46 bits per heavy atom. The Balaban J connectivity index is 1.83. The first kappa shape index (κ1) is 17.3. The van der Waals surface area contributed by atoms with Gasteiger partial charge < -0.3 is 19.8 Å². The molecule has 0 bridgehead atoms. The number of aromatic nitrogens is 1. The molecule has 2 rings (SSSR count). The van der Waals surface area contributed by atoms with Gasteiger partial charge in [0.05, 0.1) is 6.61 Å². The minimum Gasteiger partial charge on any atom is -0.494 e. The highest BCUT2D eigenvalue weighted by Gasteiger charge is 2.14. The van der Waals surface area contributed by atoms with E-state index >= 15 is 0 Å². The Bertz CT molecular complexity index is 734. The molecule has 0 unspecified atom stereocenters. The second kappa shape index (κ2) is 7.96. The zero-order valence-electron chi connectivity index (χ0n) is 13.4. The van der Waals surface area contributed by atoms with Crippen molar-refractivity contribution in [3.05, 3.63) is 47.8 Å². The number of rotatable bonds is 7. The first-order valence-electron chi connectivity index (χ1n) is 7.38. The van der Waals surface area contributed by atoms with Crippen molar-refractivity contribution in [2.75, 3.05) is 18.5 Å². The predicted octanol–water partition coefficient (Wildman–Crippen LogP) is 2.41. The minimum atomic E-state index is -0.704. The van der Waals surface area contributed by atoms with Crippen LogP contribution in [0.5, 0.6) is 5.75 Å². The van der Waals surface area contributed by atoms with Crippen molar-refractivity contribution in [3.8, 4) is 5.75 Å². The van der Waals surface area contributed by atoms with Crippen molar-refractivity contribution in [1.82, 2.24) is 4.98 Å². The maximum atomic E-state index is 11.8. The number of esters is 1. The molecule has 1 aromatic carbocycles. The smallest absolute Gasteiger partial charge is 0.355 e. The van der Waals surface area contributed by atoms with Crippen molar-refractivity contribution in [2.45, 2.75) is 13.8 Å². The van der Waals surface area contributed by atoms with Crippen LogP contribution in [0.4, 0.5) is 5.69 Å². The maximum absolute atomic E-state index is 11.8. The predicted molar refractivity (Wildman–Crippen MR) is 87.3 cm³/mol. The van der Waals surface area contributed by atoms with Crippen LogP contribution in [0.15, 0.2) is 36.5 Å². The molecule has 0 radical (unpaired) electrons. The number of ketones is 1. The summed E-state index contributed by atoms with van der Waals surface area (Å²) in [7, 11) is 0. The molecule has 2 aromatic rings. The minimum absolute atomic E-state index is 0.120. The van der Waals surface area contributed by atoms with E-state index in [4.69, 9.17) is 9.47 Å². The number of amides is 1. The Labute approximate surface area is 139 Å². The molecular formula is C17H18N2O5. The number of Topliss-reactive ketones (excluding diaryl/α,β-unsaturated/α-hetero) is 1. The third kappa shape index (κ3) is 4.70. The average molecular weight is 330 g/mol. The van der Waals surface area contributed by atoms with Crippen LogP contribution in [0.1, 0.15) is 34.7 Å². The van der Waals surface area contributed by atoms with Crippen LogP contribution < -0.4 is 10.1 Å². The second-order valence-electron chi connectivity index (χ2n) is 4.94. The second-order valence-corrected chi connectivity index (χ2v) is 4.94. The van der Waals surface area contributed by atoms with Gasteiger partial charge in [-0.3, -0.25) is 9.59 Å². The van der Waals surface area contributed by atoms with E-state index in [0.717, 1.165) is 0 Å². The summed E-state index contributed by atoms with van der Waals surface area (Å²) >= 11 is 0. The van der Waals surface area contributed by atoms with E-state index < -0.39 is 18.5 Å². The van der Waals surface area contributed by atoms with E-state index in [1.807, 2.05) is 6.92 Å². The van der Waals surface area contributed by atoms with E-state index in [1.165, 1.54) is 19.2 Å². The first-order chi connectivity index (χ1) is 11.5. The number of ether oxygens (including phenoxy) is 2. The van der Waals surface area contributed by atoms with Crippen LogP contribution in [0, 0.1) is 0 Å². The number of aromatic amines is 1. The molecule has 7 heteroatoms. The lowest BCUT2D eigenvalue weighted by molar-refractivity contribution is -0.119. The molecule has 1 heterocycles. The molecule has 7 nitrogen and oxygen atoms in total. The largest absolute Gasteiger partial charge is 0.494 e. The highest BCUT2D eigenvalue weighted by Crippen LogP contribution is 2.15. The number of benzene rings is 1. The molecule has 0 atom stereocenters. The zero-order valence-corrected chi connectivity index (χ0v) is 13.4. The molecule has 0 saturated heterocycles. The van der Waals surface area contributed by atoms with E-state index in [1.54, 1.807) is 24.3 Å². The molecule has 0 spiro atoms. The number of hydrogen-bond donors (Lipinski definition) is 2. The molecule has 24 heavy (non-hydrogen) atoms. The fourth-order valence-corrected chi connectivity index (χ4v) is 1.92. The van der Waals surface area contributed by atoms with Gasteiger partial charge in [-0.1, -0.05) is 0 Å². The molecule has 0 aliphatic rings. The molecule has 126 valence electrons. The lowest BCUT2D eigenvalue weighted by Crippen LogP contribution is -2.21. The van der Waals surface area contributed by atoms with Gasteiger partial charge in [0, 0.05) is 17.4 Å². The van der Waals surface area contributed by atoms with Gasteiger partial charge in [0.15, 0.2) is 12.4 Å². The van der Waals surface area contributed by atoms with Crippen LogP contribution in [0.25, 0.3) is 0 Å². The lowest BCUT2D eigenvalue weighted by atomic mass is 10.2. The fourth-order valence-electron chi connectivity index (χ4n) is 1.92. The van der Waals surface area contributed by atoms with Gasteiger partial charge in [-0.05, 0) is 44.2 Å². The van der Waals surface area contributed by atoms with Gasteiger partial charge in [0.2, 0.25) is 0 Å². The summed E-state index contributed by atoms with van der Waals surface area (Å²) in [5.41, 5.74) is 1.06. The Morgan fingerprint density at radius 2 is 1.88 bits per heavy atom. The number of carbonyl (C=O) groups is 3. The molecular weight excluding hydrogens is 312 g/mol. The number of carbonyl (C=O) groups excluding carboxylic acids is 3. The topological polar surface area (TPSA) is 97.5 Å². The van der Waals surface area contributed by atoms with Gasteiger partial charge in [0.1, 0.15) is 11.4 Å². The first-order valence-corrected chi connectivity index (χ1v) is 7.38. The number of nitrogens with one attached hydrogen (secondary N) is 2. The molecule has 0 aliphatic carbocycles. The van der Waals surface area contributed by atoms with Crippen molar-refractivity contribution >= 4 is 23.3 Å². The van der Waals surface area contributed by atoms with Crippen molar-refractivity contribution in [1.29, 1.82) is 0 Å². The summed E-state index contributed by atoms with van der Waals surface area (Å²) in [5, 5.41) is 2.61. The molecule has 1 amide bonds. The summed E-state index contributed by atoms with van der Waals surface area (Å²) in [4.78, 5) is 37.4. The van der Waals surface area contributed by atoms with Crippen LogP contribution in [0.2, 0.25) is 0 Å². The number of H-pyrrole nitrogens is 1. The molecule has 0 fully saturated rings. The van der Waals surface area contributed by atoms with Gasteiger partial charge in [-0.15, -0.1) is 0 Å². The molecule has 0 aliphatic heterocycles. The van der Waals surface area contributed by atoms with Gasteiger partial charge >= 0.3 is 5.97 Å². The number of hydrogen-bond acceptors (Lipinski definition) is 5. The third-order valence-corrected chi connectivity index (χ3v) is 3.09. The van der Waals surface area contributed by atoms with Gasteiger partial charge in [0.25, 0.3) is 5.91 Å². The zero-order chi connectivity index (χ0) is 17.5. The Morgan fingerprint density at radius 1 is 1.17 bits per heavy atom. The summed E-state index contributed by atoms with van der Waals surface area (Å²) in [5.74, 6) is -0.635. The lowest BCUT2D eigenvalue weighted by Gasteiger charge is -2.07. The van der Waals surface area contributed by atoms with E-state index in [2.05, 4.69) is 10.3 Å². The SMILES string of the molecule is CCOc1ccc(NC(=O)COC(=O)c2cc(C(C)=O)c[nH]2)cc1. The summed E-state index contributed by atoms with van der Waals surface area (Å²) in [6.45, 7) is 3.41. The molecule has 2 N–H and O–H groups in total. The highest BCUT2D eigenvalue weighted by molar-refractivity contribution is 5.98. The summed E-state index contributed by atoms with van der Waals surface area (Å²) in [6.07, 6.45) is 1.42. The van der Waals surface area contributed by atoms with Crippen LogP contribution in [-0.4, -0.2) is 35.9 Å². The van der Waals surface area contributed by atoms with Crippen molar-refractivity contribution < 1.29 is 23.9 Å². The summed E-state index contributed by atoms with van der Waals surface area (Å²) in [6, 6.07) is 8.22.